The van der Waals surface area contributed by atoms with Gasteiger partial charge in [0.05, 0.1) is 0 Å². The maximum atomic E-state index is 12.8. The summed E-state index contributed by atoms with van der Waals surface area (Å²) in [5.41, 5.74) is 3.12. The van der Waals surface area contributed by atoms with Crippen molar-refractivity contribution in [2.45, 2.75) is 33.1 Å². The minimum Gasteiger partial charge on any atom is -0.465 e. The monoisotopic (exact) mass is 396 g/mol. The number of carbonyl (C=O) groups is 2. The first kappa shape index (κ1) is 19.8. The SMILES string of the molecule is CC(=O)C1=C(C)OC(Cc2cccc3ccccc23)=C(C(C)=O)C1c1ccccc1. The third-order valence-electron chi connectivity index (χ3n) is 5.66. The molecule has 1 aliphatic rings. The van der Waals surface area contributed by atoms with Gasteiger partial charge in [-0.15, -0.1) is 0 Å². The van der Waals surface area contributed by atoms with Crippen molar-refractivity contribution in [1.82, 2.24) is 0 Å². The summed E-state index contributed by atoms with van der Waals surface area (Å²) in [6, 6.07) is 24.1. The van der Waals surface area contributed by atoms with Gasteiger partial charge in [0.1, 0.15) is 11.5 Å². The molecule has 3 nitrogen and oxygen atoms in total. The lowest BCUT2D eigenvalue weighted by Crippen LogP contribution is -2.25. The molecule has 3 aromatic rings. The van der Waals surface area contributed by atoms with Gasteiger partial charge in [0.25, 0.3) is 0 Å². The molecule has 0 amide bonds. The molecule has 0 saturated heterocycles. The molecule has 0 saturated carbocycles. The number of ether oxygens (including phenoxy) is 1. The van der Waals surface area contributed by atoms with E-state index in [2.05, 4.69) is 24.3 Å². The van der Waals surface area contributed by atoms with E-state index in [1.807, 2.05) is 55.5 Å². The highest BCUT2D eigenvalue weighted by molar-refractivity contribution is 6.03. The number of ketones is 2. The van der Waals surface area contributed by atoms with Crippen molar-refractivity contribution in [3.05, 3.63) is 107 Å². The fourth-order valence-electron chi connectivity index (χ4n) is 4.38. The second kappa shape index (κ2) is 8.11. The Labute approximate surface area is 176 Å². The van der Waals surface area contributed by atoms with Crippen molar-refractivity contribution >= 4 is 22.3 Å². The van der Waals surface area contributed by atoms with E-state index in [4.69, 9.17) is 4.74 Å². The van der Waals surface area contributed by atoms with Crippen LogP contribution in [0.5, 0.6) is 0 Å². The Morgan fingerprint density at radius 3 is 2.13 bits per heavy atom. The molecule has 1 aliphatic heterocycles. The summed E-state index contributed by atoms with van der Waals surface area (Å²) in [4.78, 5) is 25.4. The molecule has 1 heterocycles. The first-order chi connectivity index (χ1) is 14.5. The molecular weight excluding hydrogens is 372 g/mol. The molecule has 0 bridgehead atoms. The molecule has 1 atom stereocenters. The van der Waals surface area contributed by atoms with Gasteiger partial charge in [-0.05, 0) is 42.7 Å². The molecule has 0 aliphatic carbocycles. The van der Waals surface area contributed by atoms with Gasteiger partial charge in [0.2, 0.25) is 0 Å². The zero-order valence-electron chi connectivity index (χ0n) is 17.4. The van der Waals surface area contributed by atoms with Gasteiger partial charge in [-0.25, -0.2) is 0 Å². The minimum absolute atomic E-state index is 0.0784. The molecule has 4 rings (SSSR count). The zero-order chi connectivity index (χ0) is 21.3. The van der Waals surface area contributed by atoms with Crippen LogP contribution >= 0.6 is 0 Å². The van der Waals surface area contributed by atoms with E-state index in [-0.39, 0.29) is 11.6 Å². The van der Waals surface area contributed by atoms with Crippen LogP contribution in [0.1, 0.15) is 37.8 Å². The Kier molecular flexibility index (Phi) is 5.37. The summed E-state index contributed by atoms with van der Waals surface area (Å²) in [6.45, 7) is 4.90. The number of hydrogen-bond acceptors (Lipinski definition) is 3. The number of benzene rings is 3. The molecule has 0 N–H and O–H groups in total. The van der Waals surface area contributed by atoms with Crippen LogP contribution < -0.4 is 0 Å². The van der Waals surface area contributed by atoms with Crippen LogP contribution in [0.2, 0.25) is 0 Å². The van der Waals surface area contributed by atoms with E-state index in [9.17, 15) is 9.59 Å². The number of carbonyl (C=O) groups excluding carboxylic acids is 2. The van der Waals surface area contributed by atoms with Crippen LogP contribution in [-0.2, 0) is 20.7 Å². The largest absolute Gasteiger partial charge is 0.465 e. The summed E-state index contributed by atoms with van der Waals surface area (Å²) < 4.78 is 6.16. The van der Waals surface area contributed by atoms with Crippen LogP contribution in [0.15, 0.2) is 95.5 Å². The van der Waals surface area contributed by atoms with Crippen LogP contribution in [0.3, 0.4) is 0 Å². The molecule has 150 valence electrons. The maximum absolute atomic E-state index is 12.8. The van der Waals surface area contributed by atoms with E-state index >= 15 is 0 Å². The first-order valence-electron chi connectivity index (χ1n) is 10.1. The third-order valence-corrected chi connectivity index (χ3v) is 5.66. The molecule has 0 fully saturated rings. The lowest BCUT2D eigenvalue weighted by Gasteiger charge is -2.30. The van der Waals surface area contributed by atoms with Gasteiger partial charge in [0, 0.05) is 23.5 Å². The lowest BCUT2D eigenvalue weighted by atomic mass is 9.78. The predicted molar refractivity (Wildman–Crippen MR) is 119 cm³/mol. The lowest BCUT2D eigenvalue weighted by molar-refractivity contribution is -0.114. The van der Waals surface area contributed by atoms with E-state index in [0.717, 1.165) is 21.9 Å². The van der Waals surface area contributed by atoms with Crippen LogP contribution in [0, 0.1) is 0 Å². The van der Waals surface area contributed by atoms with Crippen LogP contribution in [-0.4, -0.2) is 11.6 Å². The number of hydrogen-bond donors (Lipinski definition) is 0. The van der Waals surface area contributed by atoms with E-state index < -0.39 is 5.92 Å². The van der Waals surface area contributed by atoms with E-state index in [0.29, 0.717) is 29.1 Å². The fourth-order valence-corrected chi connectivity index (χ4v) is 4.38. The molecule has 1 unspecified atom stereocenters. The molecule has 30 heavy (non-hydrogen) atoms. The average Bonchev–Trinajstić information content (AvgIpc) is 2.73. The van der Waals surface area contributed by atoms with Gasteiger partial charge in [-0.1, -0.05) is 72.8 Å². The Balaban J connectivity index is 1.89. The van der Waals surface area contributed by atoms with Gasteiger partial charge in [-0.2, -0.15) is 0 Å². The normalized spacial score (nSPS) is 16.6. The van der Waals surface area contributed by atoms with Crippen molar-refractivity contribution in [2.75, 3.05) is 0 Å². The highest BCUT2D eigenvalue weighted by atomic mass is 16.5. The number of allylic oxidation sites excluding steroid dienone is 4. The summed E-state index contributed by atoms with van der Waals surface area (Å²) in [5, 5.41) is 2.28. The Morgan fingerprint density at radius 2 is 1.43 bits per heavy atom. The second-order valence-corrected chi connectivity index (χ2v) is 7.68. The highest BCUT2D eigenvalue weighted by Crippen LogP contribution is 2.42. The van der Waals surface area contributed by atoms with Crippen molar-refractivity contribution in [2.24, 2.45) is 0 Å². The Hall–Kier alpha value is -3.46. The topological polar surface area (TPSA) is 43.4 Å². The van der Waals surface area contributed by atoms with Crippen molar-refractivity contribution in [1.29, 1.82) is 0 Å². The maximum Gasteiger partial charge on any atom is 0.160 e. The number of fused-ring (bicyclic) bond motifs is 1. The summed E-state index contributed by atoms with van der Waals surface area (Å²) in [7, 11) is 0. The minimum atomic E-state index is -0.417. The highest BCUT2D eigenvalue weighted by Gasteiger charge is 2.36. The van der Waals surface area contributed by atoms with Crippen molar-refractivity contribution in [3.63, 3.8) is 0 Å². The standard InChI is InChI=1S/C27H24O3/c1-17(28)25-19(3)30-24(16-22-14-9-13-20-10-7-8-15-23(20)22)26(18(2)29)27(25)21-11-5-4-6-12-21/h4-15,27H,16H2,1-3H3. The van der Waals surface area contributed by atoms with Gasteiger partial charge in [-0.3, -0.25) is 9.59 Å². The second-order valence-electron chi connectivity index (χ2n) is 7.68. The molecule has 3 aromatic carbocycles. The summed E-state index contributed by atoms with van der Waals surface area (Å²) >= 11 is 0. The van der Waals surface area contributed by atoms with E-state index in [1.54, 1.807) is 6.92 Å². The predicted octanol–water partition coefficient (Wildman–Crippen LogP) is 5.90. The Bertz CT molecular complexity index is 1190. The van der Waals surface area contributed by atoms with Gasteiger partial charge >= 0.3 is 0 Å². The number of Topliss-reactive ketones (excluding diaryl/α,β-unsaturated/α-hetero) is 2. The zero-order valence-corrected chi connectivity index (χ0v) is 17.4. The van der Waals surface area contributed by atoms with Gasteiger partial charge in [0.15, 0.2) is 11.6 Å². The summed E-state index contributed by atoms with van der Waals surface area (Å²) in [5.74, 6) is 0.612. The quantitative estimate of drug-likeness (QED) is 0.539. The van der Waals surface area contributed by atoms with E-state index in [1.165, 1.54) is 6.92 Å². The van der Waals surface area contributed by atoms with Crippen LogP contribution in [0.25, 0.3) is 10.8 Å². The third kappa shape index (κ3) is 3.59. The molecule has 0 radical (unpaired) electrons. The smallest absolute Gasteiger partial charge is 0.160 e. The van der Waals surface area contributed by atoms with Gasteiger partial charge < -0.3 is 4.74 Å². The fraction of sp³-hybridized carbons (Fsp3) is 0.185. The first-order valence-corrected chi connectivity index (χ1v) is 10.1. The average molecular weight is 396 g/mol. The molecule has 0 aromatic heterocycles. The molecule has 3 heteroatoms. The number of rotatable bonds is 5. The van der Waals surface area contributed by atoms with Crippen LogP contribution in [0.4, 0.5) is 0 Å². The molecule has 0 spiro atoms. The summed E-state index contributed by atoms with van der Waals surface area (Å²) in [6.07, 6.45) is 0.488. The van der Waals surface area contributed by atoms with Crippen molar-refractivity contribution in [3.8, 4) is 0 Å². The molecular formula is C27H24O3. The van der Waals surface area contributed by atoms with Crippen molar-refractivity contribution < 1.29 is 14.3 Å². The Morgan fingerprint density at radius 1 is 0.800 bits per heavy atom.